The average molecular weight is 595 g/mol. The molecule has 0 radical (unpaired) electrons. The number of aromatic hydroxyl groups is 1. The first-order valence-corrected chi connectivity index (χ1v) is 15.4. The van der Waals surface area contributed by atoms with Crippen LogP contribution in [-0.4, -0.2) is 74.5 Å². The van der Waals surface area contributed by atoms with Crippen molar-refractivity contribution in [3.63, 3.8) is 0 Å². The van der Waals surface area contributed by atoms with Crippen molar-refractivity contribution in [2.45, 2.75) is 38.0 Å². The summed E-state index contributed by atoms with van der Waals surface area (Å²) in [4.78, 5) is 45.4. The second-order valence-corrected chi connectivity index (χ2v) is 11.9. The first-order valence-electron chi connectivity index (χ1n) is 14.5. The Hall–Kier alpha value is -4.47. The Morgan fingerprint density at radius 3 is 2.49 bits per heavy atom. The molecule has 2 atom stereocenters. The van der Waals surface area contributed by atoms with Gasteiger partial charge >= 0.3 is 0 Å². The summed E-state index contributed by atoms with van der Waals surface area (Å²) in [5.41, 5.74) is 2.92. The summed E-state index contributed by atoms with van der Waals surface area (Å²) < 4.78 is 1.15. The number of thiophene rings is 1. The van der Waals surface area contributed by atoms with Crippen molar-refractivity contribution in [1.82, 2.24) is 19.8 Å². The van der Waals surface area contributed by atoms with Gasteiger partial charge in [-0.2, -0.15) is 0 Å². The van der Waals surface area contributed by atoms with E-state index in [1.165, 1.54) is 0 Å². The molecule has 2 aliphatic heterocycles. The number of piperazine rings is 1. The monoisotopic (exact) mass is 594 g/mol. The van der Waals surface area contributed by atoms with E-state index in [0.29, 0.717) is 19.5 Å². The van der Waals surface area contributed by atoms with E-state index in [1.54, 1.807) is 61.5 Å². The number of nitrogens with zero attached hydrogens (tertiary/aromatic N) is 4. The summed E-state index contributed by atoms with van der Waals surface area (Å²) in [6, 6.07) is 23.9. The SMILES string of the molecule is C=CCN1CC(=O)N2[C@@H](Cc3ccc(O)cc3)C(=O)N(Cc3csc4ccccc34)C[C@@H]2N1C(=O)CCc1ccccc1. The van der Waals surface area contributed by atoms with Gasteiger partial charge in [-0.05, 0) is 52.1 Å². The van der Waals surface area contributed by atoms with Gasteiger partial charge < -0.3 is 14.9 Å². The highest BCUT2D eigenvalue weighted by Crippen LogP contribution is 2.32. The van der Waals surface area contributed by atoms with Crippen molar-refractivity contribution in [2.24, 2.45) is 0 Å². The van der Waals surface area contributed by atoms with Crippen LogP contribution < -0.4 is 0 Å². The second-order valence-electron chi connectivity index (χ2n) is 11.0. The van der Waals surface area contributed by atoms with Crippen molar-refractivity contribution < 1.29 is 19.5 Å². The van der Waals surface area contributed by atoms with Gasteiger partial charge in [0, 0.05) is 30.6 Å². The number of hydrogen-bond donors (Lipinski definition) is 1. The first kappa shape index (κ1) is 28.6. The van der Waals surface area contributed by atoms with Gasteiger partial charge in [0.05, 0.1) is 13.1 Å². The number of aryl methyl sites for hydroxylation is 1. The molecule has 3 heterocycles. The van der Waals surface area contributed by atoms with Crippen LogP contribution in [0.15, 0.2) is 96.9 Å². The minimum Gasteiger partial charge on any atom is -0.508 e. The quantitative estimate of drug-likeness (QED) is 0.287. The zero-order valence-corrected chi connectivity index (χ0v) is 24.7. The highest BCUT2D eigenvalue weighted by Gasteiger charge is 2.51. The predicted molar refractivity (Wildman–Crippen MR) is 167 cm³/mol. The summed E-state index contributed by atoms with van der Waals surface area (Å²) in [7, 11) is 0. The number of amides is 3. The summed E-state index contributed by atoms with van der Waals surface area (Å²) in [5, 5.41) is 16.5. The molecule has 9 heteroatoms. The van der Waals surface area contributed by atoms with Crippen LogP contribution in [0.5, 0.6) is 5.75 Å². The van der Waals surface area contributed by atoms with Crippen molar-refractivity contribution in [3.8, 4) is 5.75 Å². The molecule has 6 rings (SSSR count). The van der Waals surface area contributed by atoms with Crippen LogP contribution in [0.4, 0.5) is 0 Å². The molecule has 0 saturated carbocycles. The number of phenols is 1. The maximum atomic E-state index is 14.2. The molecule has 220 valence electrons. The van der Waals surface area contributed by atoms with Gasteiger partial charge in [-0.25, -0.2) is 10.0 Å². The van der Waals surface area contributed by atoms with Crippen molar-refractivity contribution >= 4 is 39.1 Å². The maximum absolute atomic E-state index is 14.2. The number of benzene rings is 3. The van der Waals surface area contributed by atoms with Gasteiger partial charge in [0.1, 0.15) is 18.0 Å². The van der Waals surface area contributed by atoms with E-state index >= 15 is 0 Å². The third kappa shape index (κ3) is 5.91. The smallest absolute Gasteiger partial charge is 0.246 e. The molecule has 4 aromatic rings. The average Bonchev–Trinajstić information content (AvgIpc) is 3.42. The van der Waals surface area contributed by atoms with Crippen LogP contribution in [-0.2, 0) is 33.8 Å². The lowest BCUT2D eigenvalue weighted by Gasteiger charge is -2.55. The topological polar surface area (TPSA) is 84.4 Å². The molecule has 0 spiro atoms. The molecule has 3 aromatic carbocycles. The zero-order valence-electron chi connectivity index (χ0n) is 23.8. The Kier molecular flexibility index (Phi) is 8.26. The van der Waals surface area contributed by atoms with Gasteiger partial charge in [-0.15, -0.1) is 17.9 Å². The van der Waals surface area contributed by atoms with Gasteiger partial charge in [0.15, 0.2) is 0 Å². The molecule has 1 aromatic heterocycles. The minimum absolute atomic E-state index is 0.0197. The first-order chi connectivity index (χ1) is 20.9. The molecule has 43 heavy (non-hydrogen) atoms. The van der Waals surface area contributed by atoms with E-state index in [1.807, 2.05) is 42.5 Å². The lowest BCUT2D eigenvalue weighted by molar-refractivity contribution is -0.205. The molecule has 8 nitrogen and oxygen atoms in total. The van der Waals surface area contributed by atoms with Gasteiger partial charge in [-0.1, -0.05) is 66.7 Å². The van der Waals surface area contributed by atoms with Crippen LogP contribution in [0.3, 0.4) is 0 Å². The van der Waals surface area contributed by atoms with Crippen molar-refractivity contribution in [1.29, 1.82) is 0 Å². The second kappa shape index (κ2) is 12.4. The van der Waals surface area contributed by atoms with Gasteiger partial charge in [0.25, 0.3) is 0 Å². The number of carbonyl (C=O) groups is 3. The van der Waals surface area contributed by atoms with E-state index in [-0.39, 0.29) is 49.4 Å². The highest BCUT2D eigenvalue weighted by molar-refractivity contribution is 7.17. The minimum atomic E-state index is -0.795. The van der Waals surface area contributed by atoms with Crippen LogP contribution >= 0.6 is 11.3 Å². The largest absolute Gasteiger partial charge is 0.508 e. The molecule has 2 saturated heterocycles. The Morgan fingerprint density at radius 1 is 0.977 bits per heavy atom. The molecular weight excluding hydrogens is 560 g/mol. The van der Waals surface area contributed by atoms with Crippen LogP contribution in [0.1, 0.15) is 23.1 Å². The fourth-order valence-corrected chi connectivity index (χ4v) is 7.08. The van der Waals surface area contributed by atoms with Crippen LogP contribution in [0.25, 0.3) is 10.1 Å². The number of phenolic OH excluding ortho intramolecular Hbond substituents is 1. The molecule has 0 bridgehead atoms. The Labute approximate surface area is 255 Å². The molecule has 1 N–H and O–H groups in total. The number of hydrogen-bond acceptors (Lipinski definition) is 6. The summed E-state index contributed by atoms with van der Waals surface area (Å²) >= 11 is 1.64. The maximum Gasteiger partial charge on any atom is 0.246 e. The third-order valence-electron chi connectivity index (χ3n) is 8.18. The molecule has 3 amide bonds. The number of fused-ring (bicyclic) bond motifs is 2. The number of hydrazine groups is 1. The van der Waals surface area contributed by atoms with E-state index < -0.39 is 12.2 Å². The zero-order chi connectivity index (χ0) is 29.9. The highest BCUT2D eigenvalue weighted by atomic mass is 32.1. The molecule has 0 aliphatic carbocycles. The standard InChI is InChI=1S/C34H34N4O4S/c1-2-18-36-22-33(41)37-29(19-25-12-15-27(39)16-13-25)34(42)35(20-26-23-43-30-11-7-6-10-28(26)30)21-31(37)38(36)32(40)17-14-24-8-4-3-5-9-24/h2-13,15-16,23,29,31,39H,1,14,17-22H2/t29-,31-/m0/s1. The third-order valence-corrected chi connectivity index (χ3v) is 9.20. The summed E-state index contributed by atoms with van der Waals surface area (Å²) in [6.45, 7) is 4.76. The number of carbonyl (C=O) groups excluding carboxylic acids is 3. The lowest BCUT2D eigenvalue weighted by Crippen LogP contribution is -2.75. The molecule has 2 aliphatic rings. The van der Waals surface area contributed by atoms with Gasteiger partial charge in [-0.3, -0.25) is 14.4 Å². The summed E-state index contributed by atoms with van der Waals surface area (Å²) in [5.74, 6) is -0.322. The van der Waals surface area contributed by atoms with E-state index in [0.717, 1.165) is 26.8 Å². The lowest BCUT2D eigenvalue weighted by atomic mass is 9.98. The van der Waals surface area contributed by atoms with Crippen molar-refractivity contribution in [2.75, 3.05) is 19.6 Å². The fraction of sp³-hybridized carbons (Fsp3) is 0.265. The Morgan fingerprint density at radius 2 is 1.72 bits per heavy atom. The Balaban J connectivity index is 1.36. The normalized spacial score (nSPS) is 19.1. The van der Waals surface area contributed by atoms with E-state index in [9.17, 15) is 19.5 Å². The van der Waals surface area contributed by atoms with Crippen LogP contribution in [0.2, 0.25) is 0 Å². The van der Waals surface area contributed by atoms with E-state index in [4.69, 9.17) is 0 Å². The van der Waals surface area contributed by atoms with Crippen LogP contribution in [0, 0.1) is 0 Å². The van der Waals surface area contributed by atoms with Crippen molar-refractivity contribution in [3.05, 3.63) is 114 Å². The molecule has 0 unspecified atom stereocenters. The van der Waals surface area contributed by atoms with Gasteiger partial charge in [0.2, 0.25) is 17.7 Å². The molecular formula is C34H34N4O4S. The summed E-state index contributed by atoms with van der Waals surface area (Å²) in [6.07, 6.45) is 2.14. The number of rotatable bonds is 9. The Bertz CT molecular complexity index is 1640. The molecule has 2 fully saturated rings. The van der Waals surface area contributed by atoms with E-state index in [2.05, 4.69) is 24.1 Å². The predicted octanol–water partition coefficient (Wildman–Crippen LogP) is 4.59. The fourth-order valence-electron chi connectivity index (χ4n) is 6.13.